The number of aliphatic hydroxyl groups is 6. The highest BCUT2D eigenvalue weighted by molar-refractivity contribution is 5.66. The Kier molecular flexibility index (Phi) is 19.1. The standard InChI is InChI=1S/C32H54O14/c1-20(16-14-12-10-8-6-4-3-5-7-9-11-13-15-17-24(35)36)43-32-30(28(40)25(37)22(18-33)44-32)46-31-29(41)27(39)26(38)23(45-31)19-42-21(2)34/h3-4,8,10,20,22-23,25-33,37-41H,5-7,9,11-19H2,1-2H3,(H,35,36)/b4-3-,10-8-/t20?,22-,23-,25-,26-,27+,28+,29-,30-,31+,32-/m1/s1. The normalized spacial score (nSPS) is 32.6. The van der Waals surface area contributed by atoms with Gasteiger partial charge in [0.2, 0.25) is 0 Å². The van der Waals surface area contributed by atoms with E-state index >= 15 is 0 Å². The average Bonchev–Trinajstić information content (AvgIpc) is 3.01. The molecule has 0 radical (unpaired) electrons. The molecule has 0 bridgehead atoms. The fourth-order valence-electron chi connectivity index (χ4n) is 5.23. The summed E-state index contributed by atoms with van der Waals surface area (Å²) < 4.78 is 27.9. The zero-order valence-corrected chi connectivity index (χ0v) is 26.8. The minimum absolute atomic E-state index is 0.243. The first-order chi connectivity index (χ1) is 22.0. The average molecular weight is 663 g/mol. The minimum atomic E-state index is -1.76. The molecule has 1 unspecified atom stereocenters. The van der Waals surface area contributed by atoms with Crippen molar-refractivity contribution in [3.63, 3.8) is 0 Å². The van der Waals surface area contributed by atoms with Gasteiger partial charge in [-0.1, -0.05) is 43.6 Å². The maximum Gasteiger partial charge on any atom is 0.303 e. The molecule has 0 aliphatic carbocycles. The lowest BCUT2D eigenvalue weighted by atomic mass is 9.97. The van der Waals surface area contributed by atoms with Gasteiger partial charge >= 0.3 is 11.9 Å². The van der Waals surface area contributed by atoms with Gasteiger partial charge < -0.3 is 59.4 Å². The lowest BCUT2D eigenvalue weighted by Gasteiger charge is -2.46. The van der Waals surface area contributed by atoms with Crippen LogP contribution in [-0.2, 0) is 33.3 Å². The number of ether oxygens (including phenoxy) is 5. The zero-order valence-electron chi connectivity index (χ0n) is 26.8. The SMILES string of the molecule is CC(=O)OC[C@H]1O[C@@H](O[C@H]2[C@H](OC(C)CCC/C=C\C/C=C\CCCCCCCC(=O)O)O[C@H](CO)[C@@H](O)[C@@H]2O)[C@H](O)[C@@H](O)[C@@H]1O. The van der Waals surface area contributed by atoms with E-state index in [2.05, 4.69) is 24.3 Å². The molecule has 0 aromatic carbocycles. The van der Waals surface area contributed by atoms with Crippen LogP contribution in [0.25, 0.3) is 0 Å². The predicted octanol–water partition coefficient (Wildman–Crippen LogP) is 1.07. The Labute approximate surface area is 270 Å². The van der Waals surface area contributed by atoms with Crippen LogP contribution in [0.4, 0.5) is 0 Å². The van der Waals surface area contributed by atoms with E-state index in [4.69, 9.17) is 28.8 Å². The Hall–Kier alpha value is -1.98. The molecule has 0 aromatic rings. The van der Waals surface area contributed by atoms with Gasteiger partial charge in [-0.25, -0.2) is 0 Å². The maximum absolute atomic E-state index is 11.2. The summed E-state index contributed by atoms with van der Waals surface area (Å²) in [7, 11) is 0. The van der Waals surface area contributed by atoms with Crippen molar-refractivity contribution in [2.24, 2.45) is 0 Å². The lowest BCUT2D eigenvalue weighted by Crippen LogP contribution is -2.65. The highest BCUT2D eigenvalue weighted by Gasteiger charge is 2.51. The highest BCUT2D eigenvalue weighted by atomic mass is 16.8. The molecule has 14 nitrogen and oxygen atoms in total. The Morgan fingerprint density at radius 2 is 1.37 bits per heavy atom. The third kappa shape index (κ3) is 14.0. The third-order valence-electron chi connectivity index (χ3n) is 7.95. The summed E-state index contributed by atoms with van der Waals surface area (Å²) in [4.78, 5) is 21.7. The lowest BCUT2D eigenvalue weighted by molar-refractivity contribution is -0.371. The monoisotopic (exact) mass is 662 g/mol. The van der Waals surface area contributed by atoms with Gasteiger partial charge in [0.25, 0.3) is 0 Å². The molecule has 7 N–H and O–H groups in total. The van der Waals surface area contributed by atoms with E-state index in [0.717, 1.165) is 64.7 Å². The van der Waals surface area contributed by atoms with Crippen LogP contribution in [-0.4, -0.2) is 128 Å². The molecule has 2 heterocycles. The number of hydrogen-bond donors (Lipinski definition) is 7. The van der Waals surface area contributed by atoms with E-state index in [1.54, 1.807) is 6.92 Å². The van der Waals surface area contributed by atoms with Gasteiger partial charge in [-0.2, -0.15) is 0 Å². The quantitative estimate of drug-likeness (QED) is 0.0519. The number of allylic oxidation sites excluding steroid dienone is 4. The van der Waals surface area contributed by atoms with E-state index in [0.29, 0.717) is 6.42 Å². The second-order valence-electron chi connectivity index (χ2n) is 11.9. The van der Waals surface area contributed by atoms with Crippen LogP contribution in [0.15, 0.2) is 24.3 Å². The van der Waals surface area contributed by atoms with Crippen LogP contribution >= 0.6 is 0 Å². The van der Waals surface area contributed by atoms with Crippen LogP contribution in [0.2, 0.25) is 0 Å². The highest BCUT2D eigenvalue weighted by Crippen LogP contribution is 2.30. The second kappa shape index (κ2) is 21.8. The van der Waals surface area contributed by atoms with E-state index in [9.17, 15) is 40.2 Å². The number of carbonyl (C=O) groups is 2. The molecule has 14 heteroatoms. The number of carboxylic acids is 1. The summed E-state index contributed by atoms with van der Waals surface area (Å²) in [5.41, 5.74) is 0. The molecule has 266 valence electrons. The summed E-state index contributed by atoms with van der Waals surface area (Å²) >= 11 is 0. The van der Waals surface area contributed by atoms with Gasteiger partial charge in [-0.15, -0.1) is 0 Å². The summed E-state index contributed by atoms with van der Waals surface area (Å²) in [6.07, 6.45) is 2.23. The number of aliphatic hydroxyl groups excluding tert-OH is 6. The smallest absolute Gasteiger partial charge is 0.303 e. The molecule has 0 spiro atoms. The van der Waals surface area contributed by atoms with E-state index in [-0.39, 0.29) is 6.42 Å². The molecule has 2 rings (SSSR count). The number of aliphatic carboxylic acids is 1. The Morgan fingerprint density at radius 3 is 2.02 bits per heavy atom. The topological polar surface area (TPSA) is 222 Å². The van der Waals surface area contributed by atoms with Crippen molar-refractivity contribution in [1.29, 1.82) is 0 Å². The molecule has 2 fully saturated rings. The summed E-state index contributed by atoms with van der Waals surface area (Å²) in [6, 6.07) is 0. The number of hydrogen-bond acceptors (Lipinski definition) is 13. The van der Waals surface area contributed by atoms with Crippen molar-refractivity contribution in [3.05, 3.63) is 24.3 Å². The van der Waals surface area contributed by atoms with Gasteiger partial charge in [-0.3, -0.25) is 9.59 Å². The van der Waals surface area contributed by atoms with Crippen LogP contribution in [0.3, 0.4) is 0 Å². The number of carbonyl (C=O) groups excluding carboxylic acids is 1. The first-order valence-electron chi connectivity index (χ1n) is 16.2. The predicted molar refractivity (Wildman–Crippen MR) is 163 cm³/mol. The van der Waals surface area contributed by atoms with Crippen LogP contribution < -0.4 is 0 Å². The first-order valence-corrected chi connectivity index (χ1v) is 16.2. The molecule has 2 saturated heterocycles. The van der Waals surface area contributed by atoms with E-state index < -0.39 is 92.7 Å². The summed E-state index contributed by atoms with van der Waals surface area (Å²) in [5, 5.41) is 70.7. The molecule has 11 atom stereocenters. The van der Waals surface area contributed by atoms with Gasteiger partial charge in [0, 0.05) is 13.3 Å². The Morgan fingerprint density at radius 1 is 0.761 bits per heavy atom. The number of unbranched alkanes of at least 4 members (excludes halogenated alkanes) is 6. The largest absolute Gasteiger partial charge is 0.481 e. The van der Waals surface area contributed by atoms with Crippen molar-refractivity contribution >= 4 is 11.9 Å². The van der Waals surface area contributed by atoms with Crippen molar-refractivity contribution in [3.8, 4) is 0 Å². The third-order valence-corrected chi connectivity index (χ3v) is 7.95. The van der Waals surface area contributed by atoms with Gasteiger partial charge in [0.15, 0.2) is 12.6 Å². The Bertz CT molecular complexity index is 928. The first kappa shape index (κ1) is 40.2. The van der Waals surface area contributed by atoms with Gasteiger partial charge in [0.1, 0.15) is 55.4 Å². The summed E-state index contributed by atoms with van der Waals surface area (Å²) in [6.45, 7) is 1.92. The molecular weight excluding hydrogens is 608 g/mol. The second-order valence-corrected chi connectivity index (χ2v) is 11.9. The summed E-state index contributed by atoms with van der Waals surface area (Å²) in [5.74, 6) is -1.39. The van der Waals surface area contributed by atoms with Crippen molar-refractivity contribution < 1.29 is 69.0 Å². The van der Waals surface area contributed by atoms with E-state index in [1.807, 2.05) is 0 Å². The molecule has 2 aliphatic rings. The van der Waals surface area contributed by atoms with Crippen molar-refractivity contribution in [2.75, 3.05) is 13.2 Å². The Balaban J connectivity index is 1.80. The number of esters is 1. The number of carboxylic acid groups (broad SMARTS) is 1. The molecule has 0 aromatic heterocycles. The number of rotatable bonds is 21. The fourth-order valence-corrected chi connectivity index (χ4v) is 5.23. The minimum Gasteiger partial charge on any atom is -0.481 e. The molecule has 46 heavy (non-hydrogen) atoms. The molecule has 0 amide bonds. The van der Waals surface area contributed by atoms with E-state index in [1.165, 1.54) is 0 Å². The molecular formula is C32H54O14. The molecule has 2 aliphatic heterocycles. The fraction of sp³-hybridized carbons (Fsp3) is 0.812. The van der Waals surface area contributed by atoms with Crippen LogP contribution in [0.5, 0.6) is 0 Å². The maximum atomic E-state index is 11.2. The molecule has 0 saturated carbocycles. The van der Waals surface area contributed by atoms with Crippen LogP contribution in [0, 0.1) is 0 Å². The van der Waals surface area contributed by atoms with Crippen LogP contribution in [0.1, 0.15) is 84.5 Å². The van der Waals surface area contributed by atoms with Crippen molar-refractivity contribution in [1.82, 2.24) is 0 Å². The van der Waals surface area contributed by atoms with Gasteiger partial charge in [0.05, 0.1) is 12.7 Å². The zero-order chi connectivity index (χ0) is 34.1. The van der Waals surface area contributed by atoms with Gasteiger partial charge in [-0.05, 0) is 51.9 Å². The van der Waals surface area contributed by atoms with Crippen molar-refractivity contribution in [2.45, 2.75) is 152 Å².